The summed E-state index contributed by atoms with van der Waals surface area (Å²) in [6.07, 6.45) is 6.54. The highest BCUT2D eigenvalue weighted by molar-refractivity contribution is 5.91. The van der Waals surface area contributed by atoms with Crippen molar-refractivity contribution in [3.63, 3.8) is 0 Å². The van der Waals surface area contributed by atoms with Crippen LogP contribution in [-0.4, -0.2) is 5.91 Å². The molecule has 1 atom stereocenters. The van der Waals surface area contributed by atoms with Gasteiger partial charge in [0, 0.05) is 0 Å². The summed E-state index contributed by atoms with van der Waals surface area (Å²) in [5.41, 5.74) is 12.1. The number of benzene rings is 3. The third-order valence-electron chi connectivity index (χ3n) is 7.26. The van der Waals surface area contributed by atoms with Crippen LogP contribution in [0.5, 0.6) is 0 Å². The van der Waals surface area contributed by atoms with Crippen LogP contribution in [0.4, 0.5) is 0 Å². The van der Waals surface area contributed by atoms with E-state index in [1.165, 1.54) is 36.0 Å². The van der Waals surface area contributed by atoms with Crippen molar-refractivity contribution >= 4 is 5.91 Å². The van der Waals surface area contributed by atoms with E-state index in [0.29, 0.717) is 5.41 Å². The molecule has 0 heterocycles. The molecule has 3 rings (SSSR count). The summed E-state index contributed by atoms with van der Waals surface area (Å²) in [5, 5.41) is 0. The van der Waals surface area contributed by atoms with Gasteiger partial charge in [0.1, 0.15) is 5.41 Å². The van der Waals surface area contributed by atoms with Gasteiger partial charge >= 0.3 is 0 Å². The summed E-state index contributed by atoms with van der Waals surface area (Å²) in [6, 6.07) is 26.9. The molecular formula is C35H49NO. The lowest BCUT2D eigenvalue weighted by atomic mass is 9.63. The minimum Gasteiger partial charge on any atom is -0.369 e. The van der Waals surface area contributed by atoms with Gasteiger partial charge in [-0.2, -0.15) is 0 Å². The minimum atomic E-state index is -0.757. The van der Waals surface area contributed by atoms with Crippen molar-refractivity contribution in [1.29, 1.82) is 0 Å². The van der Waals surface area contributed by atoms with E-state index in [1.807, 2.05) is 60.7 Å². The van der Waals surface area contributed by atoms with Crippen LogP contribution in [0.25, 0.3) is 0 Å². The summed E-state index contributed by atoms with van der Waals surface area (Å²) in [4.78, 5) is 12.7. The van der Waals surface area contributed by atoms with Crippen molar-refractivity contribution in [3.8, 4) is 0 Å². The van der Waals surface area contributed by atoms with Crippen LogP contribution in [0, 0.1) is 18.3 Å². The van der Waals surface area contributed by atoms with Crippen molar-refractivity contribution in [3.05, 3.63) is 107 Å². The molecular weight excluding hydrogens is 450 g/mol. The van der Waals surface area contributed by atoms with Crippen LogP contribution >= 0.6 is 0 Å². The maximum absolute atomic E-state index is 12.7. The molecule has 2 heteroatoms. The second kappa shape index (κ2) is 14.2. The summed E-state index contributed by atoms with van der Waals surface area (Å²) in [6.45, 7) is 15.7. The number of amides is 1. The number of hydrogen-bond acceptors (Lipinski definition) is 1. The summed E-state index contributed by atoms with van der Waals surface area (Å²) < 4.78 is 0. The SMILES string of the molecule is CCCC(CC)C(C(N)=O)(c1ccccc1)c1ccccc1.CCCc1ccc(C)c(CC(C)(C)C)c1. The van der Waals surface area contributed by atoms with Gasteiger partial charge < -0.3 is 5.73 Å². The van der Waals surface area contributed by atoms with Crippen molar-refractivity contribution in [2.45, 2.75) is 92.4 Å². The first-order chi connectivity index (χ1) is 17.6. The fourth-order valence-corrected chi connectivity index (χ4v) is 5.53. The van der Waals surface area contributed by atoms with Gasteiger partial charge in [-0.15, -0.1) is 0 Å². The predicted molar refractivity (Wildman–Crippen MR) is 160 cm³/mol. The molecule has 0 spiro atoms. The molecule has 0 aromatic heterocycles. The van der Waals surface area contributed by atoms with Crippen molar-refractivity contribution < 1.29 is 4.79 Å². The number of carbonyl (C=O) groups excluding carboxylic acids is 1. The fraction of sp³-hybridized carbons (Fsp3) is 0.457. The molecule has 3 aromatic rings. The van der Waals surface area contributed by atoms with Crippen LogP contribution in [0.3, 0.4) is 0 Å². The number of aryl methyl sites for hydroxylation is 2. The average molecular weight is 500 g/mol. The van der Waals surface area contributed by atoms with E-state index in [2.05, 4.69) is 66.7 Å². The van der Waals surface area contributed by atoms with E-state index in [0.717, 1.165) is 30.4 Å². The van der Waals surface area contributed by atoms with Gasteiger partial charge in [-0.05, 0) is 65.3 Å². The molecule has 200 valence electrons. The van der Waals surface area contributed by atoms with Gasteiger partial charge in [-0.25, -0.2) is 0 Å². The quantitative estimate of drug-likeness (QED) is 0.297. The Balaban J connectivity index is 0.000000281. The lowest BCUT2D eigenvalue weighted by Crippen LogP contribution is -2.48. The number of carbonyl (C=O) groups is 1. The zero-order valence-corrected chi connectivity index (χ0v) is 24.3. The first-order valence-corrected chi connectivity index (χ1v) is 14.1. The van der Waals surface area contributed by atoms with Gasteiger partial charge in [0.15, 0.2) is 0 Å². The second-order valence-corrected chi connectivity index (χ2v) is 11.5. The normalized spacial score (nSPS) is 12.4. The van der Waals surface area contributed by atoms with Gasteiger partial charge in [-0.3, -0.25) is 4.79 Å². The number of nitrogens with two attached hydrogens (primary N) is 1. The predicted octanol–water partition coefficient (Wildman–Crippen LogP) is 8.82. The second-order valence-electron chi connectivity index (χ2n) is 11.5. The molecule has 0 fully saturated rings. The minimum absolute atomic E-state index is 0.194. The first kappa shape index (κ1) is 30.4. The average Bonchev–Trinajstić information content (AvgIpc) is 2.87. The summed E-state index contributed by atoms with van der Waals surface area (Å²) in [7, 11) is 0. The Hall–Kier alpha value is -2.87. The van der Waals surface area contributed by atoms with Crippen LogP contribution < -0.4 is 5.73 Å². The lowest BCUT2D eigenvalue weighted by molar-refractivity contribution is -0.124. The molecule has 0 aliphatic carbocycles. The van der Waals surface area contributed by atoms with Crippen molar-refractivity contribution in [1.82, 2.24) is 0 Å². The maximum Gasteiger partial charge on any atom is 0.232 e. The van der Waals surface area contributed by atoms with Gasteiger partial charge in [-0.1, -0.05) is 140 Å². The Morgan fingerprint density at radius 3 is 1.76 bits per heavy atom. The van der Waals surface area contributed by atoms with E-state index in [4.69, 9.17) is 5.73 Å². The molecule has 1 amide bonds. The molecule has 3 aromatic carbocycles. The smallest absolute Gasteiger partial charge is 0.232 e. The molecule has 37 heavy (non-hydrogen) atoms. The highest BCUT2D eigenvalue weighted by Gasteiger charge is 2.45. The highest BCUT2D eigenvalue weighted by Crippen LogP contribution is 2.43. The Morgan fingerprint density at radius 2 is 1.35 bits per heavy atom. The lowest BCUT2D eigenvalue weighted by Gasteiger charge is -2.39. The van der Waals surface area contributed by atoms with Gasteiger partial charge in [0.2, 0.25) is 5.91 Å². The summed E-state index contributed by atoms with van der Waals surface area (Å²) >= 11 is 0. The van der Waals surface area contributed by atoms with E-state index in [9.17, 15) is 4.79 Å². The van der Waals surface area contributed by atoms with Crippen molar-refractivity contribution in [2.75, 3.05) is 0 Å². The standard InChI is InChI=1S/C20H25NO.C15H24/c1-3-11-16(4-2)20(19(21)22,17-12-7-5-8-13-17)18-14-9-6-10-15-18;1-6-7-13-9-8-12(2)14(10-13)11-15(3,4)5/h5-10,12-16H,3-4,11H2,1-2H3,(H2,21,22);8-10H,6-7,11H2,1-5H3. The molecule has 2 N–H and O–H groups in total. The Labute approximate surface area is 226 Å². The zero-order chi connectivity index (χ0) is 27.5. The van der Waals surface area contributed by atoms with E-state index < -0.39 is 5.41 Å². The third-order valence-corrected chi connectivity index (χ3v) is 7.26. The topological polar surface area (TPSA) is 43.1 Å². The molecule has 1 unspecified atom stereocenters. The highest BCUT2D eigenvalue weighted by atomic mass is 16.1. The molecule has 0 aliphatic heterocycles. The third kappa shape index (κ3) is 8.06. The Morgan fingerprint density at radius 1 is 0.811 bits per heavy atom. The molecule has 0 bridgehead atoms. The van der Waals surface area contributed by atoms with Crippen LogP contribution in [0.1, 0.15) is 95.0 Å². The van der Waals surface area contributed by atoms with Crippen LogP contribution in [0.2, 0.25) is 0 Å². The Bertz CT molecular complexity index is 1040. The molecule has 0 aliphatic rings. The first-order valence-electron chi connectivity index (χ1n) is 14.1. The maximum atomic E-state index is 12.7. The van der Waals surface area contributed by atoms with E-state index in [1.54, 1.807) is 0 Å². The number of primary amides is 1. The molecule has 0 saturated carbocycles. The number of rotatable bonds is 10. The molecule has 0 radical (unpaired) electrons. The van der Waals surface area contributed by atoms with Crippen LogP contribution in [0.15, 0.2) is 78.9 Å². The van der Waals surface area contributed by atoms with E-state index >= 15 is 0 Å². The number of hydrogen-bond donors (Lipinski definition) is 1. The van der Waals surface area contributed by atoms with E-state index in [-0.39, 0.29) is 11.8 Å². The molecule has 0 saturated heterocycles. The summed E-state index contributed by atoms with van der Waals surface area (Å²) in [5.74, 6) is -0.0648. The van der Waals surface area contributed by atoms with Crippen LogP contribution in [-0.2, 0) is 23.1 Å². The largest absolute Gasteiger partial charge is 0.369 e. The monoisotopic (exact) mass is 499 g/mol. The van der Waals surface area contributed by atoms with Gasteiger partial charge in [0.25, 0.3) is 0 Å². The van der Waals surface area contributed by atoms with Crippen molar-refractivity contribution in [2.24, 2.45) is 17.1 Å². The zero-order valence-electron chi connectivity index (χ0n) is 24.3. The Kier molecular flexibility index (Phi) is 11.6. The molecule has 2 nitrogen and oxygen atoms in total. The fourth-order valence-electron chi connectivity index (χ4n) is 5.53. The van der Waals surface area contributed by atoms with Gasteiger partial charge in [0.05, 0.1) is 0 Å².